The molecule has 0 aliphatic rings. The molecule has 0 unspecified atom stereocenters. The van der Waals surface area contributed by atoms with E-state index in [0.29, 0.717) is 22.8 Å². The number of rotatable bonds is 7. The van der Waals surface area contributed by atoms with Gasteiger partial charge < -0.3 is 24.4 Å². The Morgan fingerprint density at radius 2 is 1.57 bits per heavy atom. The van der Waals surface area contributed by atoms with Crippen molar-refractivity contribution >= 4 is 0 Å². The lowest BCUT2D eigenvalue weighted by Crippen LogP contribution is -2.43. The van der Waals surface area contributed by atoms with Gasteiger partial charge in [0, 0.05) is 0 Å². The number of methoxy groups -OCH3 is 2. The molecule has 2 aromatic carbocycles. The molecule has 124 valence electrons. The second-order valence-electron chi connectivity index (χ2n) is 5.40. The second kappa shape index (κ2) is 7.35. The van der Waals surface area contributed by atoms with Crippen LogP contribution in [0.15, 0.2) is 48.5 Å². The lowest BCUT2D eigenvalue weighted by molar-refractivity contribution is -0.0765. The van der Waals surface area contributed by atoms with Crippen molar-refractivity contribution < 1.29 is 24.4 Å². The summed E-state index contributed by atoms with van der Waals surface area (Å²) in [5.74, 6) is 1.69. The van der Waals surface area contributed by atoms with E-state index in [0.717, 1.165) is 0 Å². The largest absolute Gasteiger partial charge is 0.497 e. The molecule has 0 aliphatic heterocycles. The Morgan fingerprint density at radius 3 is 2.09 bits per heavy atom. The fraction of sp³-hybridized carbons (Fsp3) is 0.333. The summed E-state index contributed by atoms with van der Waals surface area (Å²) in [5, 5.41) is 20.5. The molecule has 0 saturated carbocycles. The third kappa shape index (κ3) is 3.75. The van der Waals surface area contributed by atoms with E-state index >= 15 is 0 Å². The van der Waals surface area contributed by atoms with E-state index in [4.69, 9.17) is 14.2 Å². The van der Waals surface area contributed by atoms with Crippen molar-refractivity contribution in [2.24, 2.45) is 0 Å². The van der Waals surface area contributed by atoms with Gasteiger partial charge in [-0.25, -0.2) is 0 Å². The van der Waals surface area contributed by atoms with E-state index in [-0.39, 0.29) is 6.61 Å². The van der Waals surface area contributed by atoms with E-state index in [9.17, 15) is 10.2 Å². The predicted octanol–water partition coefficient (Wildman–Crippen LogP) is 2.57. The molecule has 0 bridgehead atoms. The van der Waals surface area contributed by atoms with Crippen molar-refractivity contribution in [3.05, 3.63) is 54.1 Å². The van der Waals surface area contributed by atoms with Crippen LogP contribution in [0.4, 0.5) is 0 Å². The highest BCUT2D eigenvalue weighted by Gasteiger charge is 2.36. The number of ether oxygens (including phenoxy) is 3. The van der Waals surface area contributed by atoms with Crippen LogP contribution in [-0.4, -0.2) is 36.6 Å². The summed E-state index contributed by atoms with van der Waals surface area (Å²) in [6.45, 7) is 1.28. The van der Waals surface area contributed by atoms with Crippen molar-refractivity contribution in [2.75, 3.05) is 20.8 Å². The van der Waals surface area contributed by atoms with Crippen LogP contribution in [-0.2, 0) is 0 Å². The lowest BCUT2D eigenvalue weighted by Gasteiger charge is -2.34. The summed E-state index contributed by atoms with van der Waals surface area (Å²) < 4.78 is 16.2. The zero-order chi connectivity index (χ0) is 16.9. The molecule has 2 atom stereocenters. The summed E-state index contributed by atoms with van der Waals surface area (Å²) >= 11 is 0. The Bertz CT molecular complexity index is 626. The molecular formula is C18H22O5. The zero-order valence-electron chi connectivity index (χ0n) is 13.5. The van der Waals surface area contributed by atoms with Crippen molar-refractivity contribution in [2.45, 2.75) is 18.6 Å². The van der Waals surface area contributed by atoms with Crippen LogP contribution >= 0.6 is 0 Å². The Kier molecular flexibility index (Phi) is 5.47. The van der Waals surface area contributed by atoms with Gasteiger partial charge in [0.05, 0.1) is 20.8 Å². The third-order valence-electron chi connectivity index (χ3n) is 3.74. The summed E-state index contributed by atoms with van der Waals surface area (Å²) in [6, 6.07) is 14.1. The van der Waals surface area contributed by atoms with Crippen LogP contribution in [0.5, 0.6) is 17.2 Å². The maximum absolute atomic E-state index is 10.7. The smallest absolute Gasteiger partial charge is 0.162 e. The average molecular weight is 318 g/mol. The molecule has 2 N–H and O–H groups in total. The SMILES string of the molecule is COc1ccc([C@@H](O)[C@](C)(CO)Oc2ccccc2OC)cc1. The molecule has 2 rings (SSSR count). The first-order chi connectivity index (χ1) is 11.0. The Morgan fingerprint density at radius 1 is 0.957 bits per heavy atom. The van der Waals surface area contributed by atoms with Gasteiger partial charge in [-0.1, -0.05) is 24.3 Å². The molecule has 0 heterocycles. The van der Waals surface area contributed by atoms with E-state index in [2.05, 4.69) is 0 Å². The average Bonchev–Trinajstić information content (AvgIpc) is 2.61. The zero-order valence-corrected chi connectivity index (χ0v) is 13.5. The van der Waals surface area contributed by atoms with Crippen LogP contribution in [0, 0.1) is 0 Å². The van der Waals surface area contributed by atoms with Crippen LogP contribution < -0.4 is 14.2 Å². The first-order valence-corrected chi connectivity index (χ1v) is 7.29. The topological polar surface area (TPSA) is 68.2 Å². The minimum Gasteiger partial charge on any atom is -0.497 e. The number of aliphatic hydroxyl groups excluding tert-OH is 2. The molecule has 0 saturated heterocycles. The highest BCUT2D eigenvalue weighted by molar-refractivity contribution is 5.40. The number of benzene rings is 2. The summed E-state index contributed by atoms with van der Waals surface area (Å²) in [4.78, 5) is 0. The summed E-state index contributed by atoms with van der Waals surface area (Å²) in [5.41, 5.74) is -0.597. The van der Waals surface area contributed by atoms with Gasteiger partial charge in [-0.15, -0.1) is 0 Å². The third-order valence-corrected chi connectivity index (χ3v) is 3.74. The highest BCUT2D eigenvalue weighted by Crippen LogP contribution is 2.35. The van der Waals surface area contributed by atoms with Gasteiger partial charge in [-0.05, 0) is 36.8 Å². The molecule has 5 nitrogen and oxygen atoms in total. The van der Waals surface area contributed by atoms with Gasteiger partial charge in [0.2, 0.25) is 0 Å². The van der Waals surface area contributed by atoms with Crippen LogP contribution in [0.1, 0.15) is 18.6 Å². The first kappa shape index (κ1) is 17.1. The molecule has 0 spiro atoms. The maximum atomic E-state index is 10.7. The minimum absolute atomic E-state index is 0.363. The first-order valence-electron chi connectivity index (χ1n) is 7.29. The normalized spacial score (nSPS) is 14.7. The van der Waals surface area contributed by atoms with Crippen molar-refractivity contribution in [1.29, 1.82) is 0 Å². The van der Waals surface area contributed by atoms with Crippen molar-refractivity contribution in [3.63, 3.8) is 0 Å². The number of aliphatic hydroxyl groups is 2. The fourth-order valence-corrected chi connectivity index (χ4v) is 2.27. The quantitative estimate of drug-likeness (QED) is 0.821. The predicted molar refractivity (Wildman–Crippen MR) is 87.1 cm³/mol. The van der Waals surface area contributed by atoms with Gasteiger partial charge in [-0.3, -0.25) is 0 Å². The molecule has 5 heteroatoms. The molecular weight excluding hydrogens is 296 g/mol. The Balaban J connectivity index is 2.27. The monoisotopic (exact) mass is 318 g/mol. The molecule has 0 aliphatic carbocycles. The van der Waals surface area contributed by atoms with Gasteiger partial charge >= 0.3 is 0 Å². The standard InChI is InChI=1S/C18H22O5/c1-18(12-19,23-16-7-5-4-6-15(16)22-3)17(20)13-8-10-14(21-2)11-9-13/h4-11,17,19-20H,12H2,1-3H3/t17-,18+/m1/s1. The molecule has 0 fully saturated rings. The minimum atomic E-state index is -1.22. The molecule has 0 radical (unpaired) electrons. The van der Waals surface area contributed by atoms with Crippen LogP contribution in [0.2, 0.25) is 0 Å². The number of para-hydroxylation sites is 2. The number of hydrogen-bond acceptors (Lipinski definition) is 5. The fourth-order valence-electron chi connectivity index (χ4n) is 2.27. The Hall–Kier alpha value is -2.24. The van der Waals surface area contributed by atoms with Gasteiger partial charge in [-0.2, -0.15) is 0 Å². The van der Waals surface area contributed by atoms with Crippen LogP contribution in [0.3, 0.4) is 0 Å². The van der Waals surface area contributed by atoms with Crippen LogP contribution in [0.25, 0.3) is 0 Å². The Labute approximate surface area is 136 Å². The molecule has 23 heavy (non-hydrogen) atoms. The van der Waals surface area contributed by atoms with Gasteiger partial charge in [0.15, 0.2) is 17.1 Å². The molecule has 2 aromatic rings. The molecule has 0 aromatic heterocycles. The van der Waals surface area contributed by atoms with E-state index in [1.54, 1.807) is 63.6 Å². The maximum Gasteiger partial charge on any atom is 0.162 e. The second-order valence-corrected chi connectivity index (χ2v) is 5.40. The van der Waals surface area contributed by atoms with Crippen molar-refractivity contribution in [1.82, 2.24) is 0 Å². The summed E-state index contributed by atoms with van der Waals surface area (Å²) in [7, 11) is 3.12. The lowest BCUT2D eigenvalue weighted by atomic mass is 9.93. The van der Waals surface area contributed by atoms with E-state index in [1.165, 1.54) is 0 Å². The van der Waals surface area contributed by atoms with Gasteiger partial charge in [0.25, 0.3) is 0 Å². The summed E-state index contributed by atoms with van der Waals surface area (Å²) in [6.07, 6.45) is -1.02. The van der Waals surface area contributed by atoms with E-state index in [1.807, 2.05) is 6.07 Å². The molecule has 0 amide bonds. The van der Waals surface area contributed by atoms with E-state index < -0.39 is 11.7 Å². The number of hydrogen-bond donors (Lipinski definition) is 2. The van der Waals surface area contributed by atoms with Crippen molar-refractivity contribution in [3.8, 4) is 17.2 Å². The van der Waals surface area contributed by atoms with Gasteiger partial charge in [0.1, 0.15) is 11.9 Å². The highest BCUT2D eigenvalue weighted by atomic mass is 16.5.